The molecule has 0 spiro atoms. The number of rotatable bonds is 9. The fourth-order valence-corrected chi connectivity index (χ4v) is 5.34. The van der Waals surface area contributed by atoms with Crippen LogP contribution in [0.15, 0.2) is 48.5 Å². The van der Waals surface area contributed by atoms with Crippen LogP contribution in [0.4, 0.5) is 0 Å². The lowest BCUT2D eigenvalue weighted by atomic mass is 9.63. The fraction of sp³-hybridized carbons (Fsp3) is 0.536. The molecule has 1 aliphatic heterocycles. The standard InChI is InChI=1S/C28H40N2O3/c1-21-19-29(4)22(2)17-28(21,18-24-10-8-7-9-11-24)14-15-30(23(3)31)20-25-12-13-26(32-5)27(16-25)33-6/h7-13,16,21-22H,14-15,17-20H2,1-6H3/t21-,22-,28-/m1/s1. The molecule has 33 heavy (non-hydrogen) atoms. The molecule has 1 aliphatic rings. The van der Waals surface area contributed by atoms with E-state index in [4.69, 9.17) is 9.47 Å². The number of carbonyl (C=O) groups is 1. The molecule has 0 radical (unpaired) electrons. The molecule has 3 atom stereocenters. The van der Waals surface area contributed by atoms with Crippen molar-refractivity contribution < 1.29 is 14.3 Å². The largest absolute Gasteiger partial charge is 0.493 e. The third-order valence-corrected chi connectivity index (χ3v) is 7.61. The lowest BCUT2D eigenvalue weighted by Crippen LogP contribution is -2.51. The van der Waals surface area contributed by atoms with Crippen molar-refractivity contribution in [3.05, 3.63) is 59.7 Å². The van der Waals surface area contributed by atoms with Crippen LogP contribution >= 0.6 is 0 Å². The molecule has 2 aromatic carbocycles. The van der Waals surface area contributed by atoms with Crippen molar-refractivity contribution in [3.63, 3.8) is 0 Å². The van der Waals surface area contributed by atoms with Gasteiger partial charge in [0.1, 0.15) is 0 Å². The number of ether oxygens (including phenoxy) is 2. The van der Waals surface area contributed by atoms with E-state index in [-0.39, 0.29) is 11.3 Å². The van der Waals surface area contributed by atoms with Crippen molar-refractivity contribution in [1.29, 1.82) is 0 Å². The number of hydrogen-bond acceptors (Lipinski definition) is 4. The van der Waals surface area contributed by atoms with Crippen molar-refractivity contribution in [2.75, 3.05) is 34.4 Å². The van der Waals surface area contributed by atoms with Crippen LogP contribution in [-0.4, -0.2) is 56.1 Å². The van der Waals surface area contributed by atoms with Crippen LogP contribution in [-0.2, 0) is 17.8 Å². The first-order valence-electron chi connectivity index (χ1n) is 12.0. The normalized spacial score (nSPS) is 23.2. The van der Waals surface area contributed by atoms with E-state index in [2.05, 4.69) is 56.1 Å². The SMILES string of the molecule is COc1ccc(CN(CC[C@]2(Cc3ccccc3)C[C@@H](C)N(C)C[C@H]2C)C(C)=O)cc1OC. The number of nitrogens with zero attached hydrogens (tertiary/aromatic N) is 2. The van der Waals surface area contributed by atoms with Gasteiger partial charge in [0.15, 0.2) is 11.5 Å². The second kappa shape index (κ2) is 11.1. The average Bonchev–Trinajstić information content (AvgIpc) is 2.80. The van der Waals surface area contributed by atoms with Gasteiger partial charge in [0.05, 0.1) is 14.2 Å². The van der Waals surface area contributed by atoms with Gasteiger partial charge in [-0.3, -0.25) is 4.79 Å². The van der Waals surface area contributed by atoms with Crippen LogP contribution < -0.4 is 9.47 Å². The van der Waals surface area contributed by atoms with Gasteiger partial charge in [0, 0.05) is 32.6 Å². The molecule has 3 rings (SSSR count). The van der Waals surface area contributed by atoms with Crippen LogP contribution in [0.3, 0.4) is 0 Å². The molecule has 1 saturated heterocycles. The van der Waals surface area contributed by atoms with Crippen LogP contribution in [0.25, 0.3) is 0 Å². The summed E-state index contributed by atoms with van der Waals surface area (Å²) in [5, 5.41) is 0. The van der Waals surface area contributed by atoms with Gasteiger partial charge in [-0.05, 0) is 67.8 Å². The highest BCUT2D eigenvalue weighted by Gasteiger charge is 2.42. The molecule has 1 amide bonds. The Kier molecular flexibility index (Phi) is 8.41. The van der Waals surface area contributed by atoms with Gasteiger partial charge in [-0.2, -0.15) is 0 Å². The van der Waals surface area contributed by atoms with Gasteiger partial charge in [-0.25, -0.2) is 0 Å². The maximum Gasteiger partial charge on any atom is 0.219 e. The first-order chi connectivity index (χ1) is 15.8. The third-order valence-electron chi connectivity index (χ3n) is 7.61. The van der Waals surface area contributed by atoms with Crippen LogP contribution in [0.5, 0.6) is 11.5 Å². The van der Waals surface area contributed by atoms with E-state index in [1.807, 2.05) is 23.1 Å². The van der Waals surface area contributed by atoms with Gasteiger partial charge >= 0.3 is 0 Å². The Balaban J connectivity index is 1.80. The highest BCUT2D eigenvalue weighted by molar-refractivity contribution is 5.73. The predicted octanol–water partition coefficient (Wildman–Crippen LogP) is 5.03. The van der Waals surface area contributed by atoms with Crippen molar-refractivity contribution in [2.24, 2.45) is 11.3 Å². The van der Waals surface area contributed by atoms with Crippen LogP contribution in [0.1, 0.15) is 44.7 Å². The van der Waals surface area contributed by atoms with E-state index < -0.39 is 0 Å². The average molecular weight is 453 g/mol. The molecule has 0 N–H and O–H groups in total. The molecule has 0 saturated carbocycles. The van der Waals surface area contributed by atoms with E-state index >= 15 is 0 Å². The van der Waals surface area contributed by atoms with Crippen molar-refractivity contribution >= 4 is 5.91 Å². The van der Waals surface area contributed by atoms with Crippen molar-refractivity contribution in [2.45, 2.75) is 52.6 Å². The highest BCUT2D eigenvalue weighted by Crippen LogP contribution is 2.44. The molecule has 180 valence electrons. The second-order valence-electron chi connectivity index (χ2n) is 9.80. The third kappa shape index (κ3) is 6.08. The topological polar surface area (TPSA) is 42.0 Å². The lowest BCUT2D eigenvalue weighted by molar-refractivity contribution is -0.130. The Hall–Kier alpha value is -2.53. The lowest BCUT2D eigenvalue weighted by Gasteiger charge is -2.50. The zero-order valence-electron chi connectivity index (χ0n) is 21.1. The Morgan fingerprint density at radius 3 is 2.39 bits per heavy atom. The monoisotopic (exact) mass is 452 g/mol. The Morgan fingerprint density at radius 2 is 1.76 bits per heavy atom. The molecule has 0 unspecified atom stereocenters. The molecule has 2 aromatic rings. The molecular formula is C28H40N2O3. The van der Waals surface area contributed by atoms with Crippen LogP contribution in [0, 0.1) is 11.3 Å². The highest BCUT2D eigenvalue weighted by atomic mass is 16.5. The zero-order chi connectivity index (χ0) is 24.0. The number of hydrogen-bond donors (Lipinski definition) is 0. The summed E-state index contributed by atoms with van der Waals surface area (Å²) in [6, 6.07) is 17.2. The summed E-state index contributed by atoms with van der Waals surface area (Å²) in [5.74, 6) is 2.05. The minimum atomic E-state index is 0.105. The maximum absolute atomic E-state index is 12.6. The van der Waals surface area contributed by atoms with Crippen molar-refractivity contribution in [3.8, 4) is 11.5 Å². The van der Waals surface area contributed by atoms with E-state index in [9.17, 15) is 4.79 Å². The molecule has 0 aliphatic carbocycles. The Bertz CT molecular complexity index is 917. The van der Waals surface area contributed by atoms with Crippen LogP contribution in [0.2, 0.25) is 0 Å². The molecule has 5 nitrogen and oxygen atoms in total. The smallest absolute Gasteiger partial charge is 0.219 e. The molecule has 1 heterocycles. The first kappa shape index (κ1) is 25.1. The second-order valence-corrected chi connectivity index (χ2v) is 9.80. The summed E-state index contributed by atoms with van der Waals surface area (Å²) in [5.41, 5.74) is 2.60. The summed E-state index contributed by atoms with van der Waals surface area (Å²) >= 11 is 0. The zero-order valence-corrected chi connectivity index (χ0v) is 21.1. The van der Waals surface area contributed by atoms with Crippen molar-refractivity contribution in [1.82, 2.24) is 9.80 Å². The van der Waals surface area contributed by atoms with Gasteiger partial charge < -0.3 is 19.3 Å². The summed E-state index contributed by atoms with van der Waals surface area (Å²) in [6.07, 6.45) is 3.19. The molecule has 5 heteroatoms. The number of amides is 1. The Morgan fingerprint density at radius 1 is 1.06 bits per heavy atom. The summed E-state index contributed by atoms with van der Waals surface area (Å²) < 4.78 is 10.8. The number of piperidine rings is 1. The summed E-state index contributed by atoms with van der Waals surface area (Å²) in [7, 11) is 5.50. The van der Waals surface area contributed by atoms with Gasteiger partial charge in [0.2, 0.25) is 5.91 Å². The maximum atomic E-state index is 12.6. The molecule has 1 fully saturated rings. The van der Waals surface area contributed by atoms with Gasteiger partial charge in [-0.15, -0.1) is 0 Å². The fourth-order valence-electron chi connectivity index (χ4n) is 5.34. The molecular weight excluding hydrogens is 412 g/mol. The van der Waals surface area contributed by atoms with Gasteiger partial charge in [-0.1, -0.05) is 43.3 Å². The van der Waals surface area contributed by atoms with E-state index in [1.54, 1.807) is 21.1 Å². The predicted molar refractivity (Wildman–Crippen MR) is 134 cm³/mol. The first-order valence-corrected chi connectivity index (χ1v) is 12.0. The van der Waals surface area contributed by atoms with E-state index in [1.165, 1.54) is 5.56 Å². The molecule has 0 aromatic heterocycles. The summed E-state index contributed by atoms with van der Waals surface area (Å²) in [4.78, 5) is 17.1. The van der Waals surface area contributed by atoms with E-state index in [0.717, 1.165) is 37.9 Å². The number of likely N-dealkylation sites (tertiary alicyclic amines) is 1. The number of carbonyl (C=O) groups excluding carboxylic acids is 1. The Labute approximate surface area is 199 Å². The number of methoxy groups -OCH3 is 2. The van der Waals surface area contributed by atoms with Gasteiger partial charge in [0.25, 0.3) is 0 Å². The summed E-state index contributed by atoms with van der Waals surface area (Å²) in [6.45, 7) is 8.79. The number of benzene rings is 2. The quantitative estimate of drug-likeness (QED) is 0.535. The minimum Gasteiger partial charge on any atom is -0.493 e. The molecule has 0 bridgehead atoms. The minimum absolute atomic E-state index is 0.105. The van der Waals surface area contributed by atoms with E-state index in [0.29, 0.717) is 30.0 Å².